The molecule has 0 aliphatic carbocycles. The van der Waals surface area contributed by atoms with Gasteiger partial charge in [0, 0.05) is 6.42 Å². The van der Waals surface area contributed by atoms with E-state index in [2.05, 4.69) is 6.92 Å². The van der Waals surface area contributed by atoms with Gasteiger partial charge in [-0.05, 0) is 6.42 Å². The summed E-state index contributed by atoms with van der Waals surface area (Å²) in [6.45, 7) is 1.67. The third kappa shape index (κ3) is 13.7. The first-order chi connectivity index (χ1) is 11.1. The maximum absolute atomic E-state index is 11.5. The van der Waals surface area contributed by atoms with Crippen LogP contribution < -0.4 is 0 Å². The maximum Gasteiger partial charge on any atom is 0.164 e. The Labute approximate surface area is 142 Å². The Morgan fingerprint density at radius 3 is 1.52 bits per heavy atom. The Morgan fingerprint density at radius 2 is 1.13 bits per heavy atom. The van der Waals surface area contributed by atoms with Gasteiger partial charge < -0.3 is 15.3 Å². The van der Waals surface area contributed by atoms with Gasteiger partial charge in [-0.2, -0.15) is 0 Å². The first kappa shape index (κ1) is 22.6. The number of hydrogen-bond donors (Lipinski definition) is 3. The van der Waals surface area contributed by atoms with Gasteiger partial charge in [0.1, 0.15) is 12.2 Å². The van der Waals surface area contributed by atoms with Crippen molar-refractivity contribution in [3.8, 4) is 0 Å². The smallest absolute Gasteiger partial charge is 0.164 e. The quantitative estimate of drug-likeness (QED) is 0.355. The monoisotopic (exact) mass is 330 g/mol. The van der Waals surface area contributed by atoms with Crippen molar-refractivity contribution in [3.05, 3.63) is 0 Å². The summed E-state index contributed by atoms with van der Waals surface area (Å²) < 4.78 is 0. The summed E-state index contributed by atoms with van der Waals surface area (Å²) in [4.78, 5) is 11.5. The van der Waals surface area contributed by atoms with Gasteiger partial charge in [-0.15, -0.1) is 0 Å². The minimum Gasteiger partial charge on any atom is -0.394 e. The predicted molar refractivity (Wildman–Crippen MR) is 94.4 cm³/mol. The molecule has 0 aromatic rings. The highest BCUT2D eigenvalue weighted by Gasteiger charge is 2.22. The van der Waals surface area contributed by atoms with Gasteiger partial charge in [0.15, 0.2) is 5.78 Å². The molecule has 2 atom stereocenters. The molecule has 0 bridgehead atoms. The van der Waals surface area contributed by atoms with E-state index in [1.807, 2.05) is 0 Å². The van der Waals surface area contributed by atoms with Crippen molar-refractivity contribution >= 4 is 5.78 Å². The van der Waals surface area contributed by atoms with Crippen LogP contribution >= 0.6 is 0 Å². The molecule has 0 aliphatic rings. The van der Waals surface area contributed by atoms with Gasteiger partial charge in [-0.3, -0.25) is 4.79 Å². The number of carbonyl (C=O) groups is 1. The average molecular weight is 331 g/mol. The van der Waals surface area contributed by atoms with Crippen molar-refractivity contribution in [2.24, 2.45) is 0 Å². The van der Waals surface area contributed by atoms with Gasteiger partial charge in [0.25, 0.3) is 0 Å². The number of rotatable bonds is 17. The largest absolute Gasteiger partial charge is 0.394 e. The van der Waals surface area contributed by atoms with Crippen molar-refractivity contribution in [1.29, 1.82) is 0 Å². The molecule has 0 radical (unpaired) electrons. The highest BCUT2D eigenvalue weighted by Crippen LogP contribution is 2.13. The van der Waals surface area contributed by atoms with E-state index in [-0.39, 0.29) is 12.2 Å². The molecule has 4 heteroatoms. The van der Waals surface area contributed by atoms with E-state index < -0.39 is 18.8 Å². The molecule has 0 unspecified atom stereocenters. The molecule has 4 nitrogen and oxygen atoms in total. The third-order valence-corrected chi connectivity index (χ3v) is 4.41. The van der Waals surface area contributed by atoms with Crippen molar-refractivity contribution in [3.63, 3.8) is 0 Å². The lowest BCUT2D eigenvalue weighted by atomic mass is 10.0. The van der Waals surface area contributed by atoms with Gasteiger partial charge >= 0.3 is 0 Å². The van der Waals surface area contributed by atoms with Crippen LogP contribution in [0.1, 0.15) is 96.8 Å². The van der Waals surface area contributed by atoms with E-state index in [1.165, 1.54) is 64.2 Å². The molecule has 138 valence electrons. The molecule has 0 aliphatic heterocycles. The van der Waals surface area contributed by atoms with E-state index in [0.29, 0.717) is 0 Å². The molecule has 0 rings (SSSR count). The molecule has 0 amide bonds. The summed E-state index contributed by atoms with van der Waals surface area (Å²) in [5.74, 6) is -0.366. The summed E-state index contributed by atoms with van der Waals surface area (Å²) in [6.07, 6.45) is 13.7. The van der Waals surface area contributed by atoms with E-state index in [9.17, 15) is 15.0 Å². The SMILES string of the molecule is CCCCCCCCCCCCCCCC(=O)[C@H](O)[C@H](O)CO. The maximum atomic E-state index is 11.5. The van der Waals surface area contributed by atoms with Crippen molar-refractivity contribution in [2.75, 3.05) is 6.61 Å². The molecule has 0 saturated carbocycles. The Morgan fingerprint density at radius 1 is 0.739 bits per heavy atom. The molecule has 0 heterocycles. The number of Topliss-reactive ketones (excluding diaryl/α,β-unsaturated/α-hetero) is 1. The molecule has 0 saturated heterocycles. The van der Waals surface area contributed by atoms with Crippen LogP contribution in [0.2, 0.25) is 0 Å². The first-order valence-electron chi connectivity index (χ1n) is 9.63. The summed E-state index contributed by atoms with van der Waals surface area (Å²) in [6, 6.07) is 0. The Hall–Kier alpha value is -0.450. The van der Waals surface area contributed by atoms with Crippen LogP contribution in [0.3, 0.4) is 0 Å². The van der Waals surface area contributed by atoms with Crippen LogP contribution in [0.5, 0.6) is 0 Å². The average Bonchev–Trinajstić information content (AvgIpc) is 2.57. The summed E-state index contributed by atoms with van der Waals surface area (Å²) >= 11 is 0. The zero-order chi connectivity index (χ0) is 17.3. The van der Waals surface area contributed by atoms with Crippen LogP contribution in [0.25, 0.3) is 0 Å². The van der Waals surface area contributed by atoms with Gasteiger partial charge in [-0.25, -0.2) is 0 Å². The number of carbonyl (C=O) groups excluding carboxylic acids is 1. The second kappa shape index (κ2) is 16.4. The minimum absolute atomic E-state index is 0.288. The lowest BCUT2D eigenvalue weighted by Crippen LogP contribution is -2.36. The number of unbranched alkanes of at least 4 members (excludes halogenated alkanes) is 12. The Balaban J connectivity index is 3.26. The zero-order valence-corrected chi connectivity index (χ0v) is 15.0. The number of aliphatic hydroxyl groups is 3. The summed E-state index contributed by atoms with van der Waals surface area (Å²) in [5, 5.41) is 27.3. The highest BCUT2D eigenvalue weighted by molar-refractivity contribution is 5.83. The molecule has 3 N–H and O–H groups in total. The van der Waals surface area contributed by atoms with Crippen LogP contribution in [-0.2, 0) is 4.79 Å². The molecule has 23 heavy (non-hydrogen) atoms. The molecule has 0 spiro atoms. The van der Waals surface area contributed by atoms with E-state index in [0.717, 1.165) is 19.3 Å². The normalized spacial score (nSPS) is 13.9. The number of ketones is 1. The van der Waals surface area contributed by atoms with Crippen LogP contribution in [0, 0.1) is 0 Å². The molecular formula is C19H38O4. The topological polar surface area (TPSA) is 77.8 Å². The minimum atomic E-state index is -1.43. The third-order valence-electron chi connectivity index (χ3n) is 4.41. The standard InChI is InChI=1S/C19H38O4/c1-2-3-4-5-6-7-8-9-10-11-12-13-14-15-17(21)19(23)18(22)16-20/h18-20,22-23H,2-16H2,1H3/t18-,19+/m1/s1. The molecule has 0 aromatic heterocycles. The fourth-order valence-electron chi connectivity index (χ4n) is 2.78. The molecule has 0 fully saturated rings. The summed E-state index contributed by atoms with van der Waals surface area (Å²) in [5.41, 5.74) is 0. The van der Waals surface area contributed by atoms with Gasteiger partial charge in [-0.1, -0.05) is 84.0 Å². The van der Waals surface area contributed by atoms with Gasteiger partial charge in [0.2, 0.25) is 0 Å². The number of hydrogen-bond acceptors (Lipinski definition) is 4. The highest BCUT2D eigenvalue weighted by atomic mass is 16.4. The van der Waals surface area contributed by atoms with E-state index in [4.69, 9.17) is 5.11 Å². The second-order valence-corrected chi connectivity index (χ2v) is 6.65. The number of aliphatic hydroxyl groups excluding tert-OH is 3. The Kier molecular flexibility index (Phi) is 16.1. The lowest BCUT2D eigenvalue weighted by molar-refractivity contribution is -0.134. The van der Waals surface area contributed by atoms with Gasteiger partial charge in [0.05, 0.1) is 6.61 Å². The second-order valence-electron chi connectivity index (χ2n) is 6.65. The zero-order valence-electron chi connectivity index (χ0n) is 15.0. The lowest BCUT2D eigenvalue weighted by Gasteiger charge is -2.13. The van der Waals surface area contributed by atoms with E-state index >= 15 is 0 Å². The van der Waals surface area contributed by atoms with Crippen LogP contribution in [-0.4, -0.2) is 39.9 Å². The van der Waals surface area contributed by atoms with Crippen molar-refractivity contribution in [2.45, 2.75) is 109 Å². The predicted octanol–water partition coefficient (Wildman–Crippen LogP) is 3.75. The summed E-state index contributed by atoms with van der Waals surface area (Å²) in [7, 11) is 0. The molecular weight excluding hydrogens is 292 g/mol. The van der Waals surface area contributed by atoms with Crippen LogP contribution in [0.4, 0.5) is 0 Å². The van der Waals surface area contributed by atoms with Crippen LogP contribution in [0.15, 0.2) is 0 Å². The molecule has 0 aromatic carbocycles. The van der Waals surface area contributed by atoms with Crippen molar-refractivity contribution < 1.29 is 20.1 Å². The first-order valence-corrected chi connectivity index (χ1v) is 9.63. The fourth-order valence-corrected chi connectivity index (χ4v) is 2.78. The fraction of sp³-hybridized carbons (Fsp3) is 0.947. The van der Waals surface area contributed by atoms with Crippen molar-refractivity contribution in [1.82, 2.24) is 0 Å². The van der Waals surface area contributed by atoms with E-state index in [1.54, 1.807) is 0 Å². The Bertz CT molecular complexity index is 268.